The molecule has 0 unspecified atom stereocenters. The predicted octanol–water partition coefficient (Wildman–Crippen LogP) is 2.85. The van der Waals surface area contributed by atoms with Gasteiger partial charge in [0.1, 0.15) is 5.82 Å². The molecule has 3 N–H and O–H groups in total. The molecule has 8 nitrogen and oxygen atoms in total. The van der Waals surface area contributed by atoms with E-state index in [1.54, 1.807) is 6.07 Å². The molecule has 0 radical (unpaired) electrons. The topological polar surface area (TPSA) is 89.2 Å². The Morgan fingerprint density at radius 1 is 1.03 bits per heavy atom. The normalized spacial score (nSPS) is 15.5. The molecule has 2 aromatic rings. The highest BCUT2D eigenvalue weighted by Gasteiger charge is 2.36. The molecular weight excluding hydrogens is 456 g/mol. The van der Waals surface area contributed by atoms with Crippen molar-refractivity contribution < 1.29 is 31.1 Å². The van der Waals surface area contributed by atoms with Crippen LogP contribution in [0.1, 0.15) is 23.6 Å². The molecule has 1 aliphatic heterocycles. The zero-order valence-corrected chi connectivity index (χ0v) is 17.4. The van der Waals surface area contributed by atoms with Crippen molar-refractivity contribution in [2.24, 2.45) is 0 Å². The Morgan fingerprint density at radius 2 is 1.76 bits per heavy atom. The fourth-order valence-electron chi connectivity index (χ4n) is 3.34. The summed E-state index contributed by atoms with van der Waals surface area (Å²) in [4.78, 5) is 19.1. The molecule has 2 amide bonds. The predicted molar refractivity (Wildman–Crippen MR) is 106 cm³/mol. The van der Waals surface area contributed by atoms with Crippen LogP contribution in [0.15, 0.2) is 24.3 Å². The summed E-state index contributed by atoms with van der Waals surface area (Å²) in [5.74, 6) is -1.41. The summed E-state index contributed by atoms with van der Waals surface area (Å²) in [7, 11) is 0. The van der Waals surface area contributed by atoms with Crippen molar-refractivity contribution in [3.63, 3.8) is 0 Å². The van der Waals surface area contributed by atoms with Crippen molar-refractivity contribution in [3.8, 4) is 0 Å². The van der Waals surface area contributed by atoms with Crippen LogP contribution >= 0.6 is 0 Å². The smallest absolute Gasteiger partial charge is 0.369 e. The third-order valence-electron chi connectivity index (χ3n) is 5.05. The molecule has 1 aromatic heterocycles. The Hall–Kier alpha value is -3.03. The first kappa shape index (κ1) is 24.6. The fourth-order valence-corrected chi connectivity index (χ4v) is 3.34. The number of amides is 2. The summed E-state index contributed by atoms with van der Waals surface area (Å²) in [6.45, 7) is 3.34. The zero-order chi connectivity index (χ0) is 24.1. The maximum atomic E-state index is 12.9. The Kier molecular flexibility index (Phi) is 7.66. The van der Waals surface area contributed by atoms with Gasteiger partial charge in [0.15, 0.2) is 0 Å². The lowest BCUT2D eigenvalue weighted by Gasteiger charge is -2.36. The fraction of sp³-hybridized carbons (Fsp3) is 0.526. The van der Waals surface area contributed by atoms with Gasteiger partial charge >= 0.3 is 18.4 Å². The minimum Gasteiger partial charge on any atom is -0.369 e. The van der Waals surface area contributed by atoms with E-state index in [0.29, 0.717) is 51.4 Å². The van der Waals surface area contributed by atoms with Gasteiger partial charge in [-0.15, -0.1) is 5.10 Å². The molecule has 1 aliphatic rings. The van der Waals surface area contributed by atoms with Gasteiger partial charge in [0.05, 0.1) is 12.1 Å². The molecule has 3 rings (SSSR count). The number of hydrogen-bond acceptors (Lipinski definition) is 5. The van der Waals surface area contributed by atoms with Crippen molar-refractivity contribution >= 4 is 11.7 Å². The van der Waals surface area contributed by atoms with Crippen molar-refractivity contribution in [2.75, 3.05) is 44.2 Å². The Labute approximate surface area is 185 Å². The van der Waals surface area contributed by atoms with Crippen molar-refractivity contribution in [2.45, 2.75) is 25.3 Å². The number of benzene rings is 1. The molecule has 0 bridgehead atoms. The van der Waals surface area contributed by atoms with Gasteiger partial charge in [-0.05, 0) is 31.2 Å². The Balaban J connectivity index is 1.31. The van der Waals surface area contributed by atoms with Crippen molar-refractivity contribution in [1.82, 2.24) is 30.7 Å². The number of piperazine rings is 1. The summed E-state index contributed by atoms with van der Waals surface area (Å²) in [5.41, 5.74) is -0.132. The number of alkyl halides is 6. The molecule has 1 saturated heterocycles. The summed E-state index contributed by atoms with van der Waals surface area (Å²) >= 11 is 0. The average Bonchev–Trinajstić information content (AvgIpc) is 3.25. The maximum absolute atomic E-state index is 12.9. The van der Waals surface area contributed by atoms with Crippen LogP contribution in [0, 0.1) is 0 Å². The number of anilines is 1. The highest BCUT2D eigenvalue weighted by atomic mass is 19.4. The number of urea groups is 1. The molecular formula is C19H23F6N7O. The van der Waals surface area contributed by atoms with Gasteiger partial charge in [0, 0.05) is 38.4 Å². The first-order valence-electron chi connectivity index (χ1n) is 10.2. The number of carbonyl (C=O) groups excluding carboxylic acids is 1. The van der Waals surface area contributed by atoms with E-state index in [2.05, 4.69) is 30.7 Å². The van der Waals surface area contributed by atoms with Gasteiger partial charge in [-0.25, -0.2) is 9.78 Å². The standard InChI is InChI=1S/C19H23F6N7O/c20-18(21,22)13-3-1-4-14(11-13)32-9-7-31(8-10-32)6-2-5-26-17(33)27-12-15-28-16(30-29-15)19(23,24)25/h1,3-4,11H,2,5-10,12H2,(H2,26,27,33)(H,28,29,30). The first-order chi connectivity index (χ1) is 15.5. The largest absolute Gasteiger partial charge is 0.453 e. The quantitative estimate of drug-likeness (QED) is 0.420. The molecule has 33 heavy (non-hydrogen) atoms. The van der Waals surface area contributed by atoms with E-state index < -0.39 is 29.8 Å². The molecule has 182 valence electrons. The van der Waals surface area contributed by atoms with Gasteiger partial charge in [-0.2, -0.15) is 26.3 Å². The minimum atomic E-state index is -4.66. The summed E-state index contributed by atoms with van der Waals surface area (Å²) in [6.07, 6.45) is -8.40. The number of aromatic nitrogens is 3. The number of aromatic amines is 1. The summed E-state index contributed by atoms with van der Waals surface area (Å²) in [5, 5.41) is 10.2. The van der Waals surface area contributed by atoms with E-state index in [9.17, 15) is 31.1 Å². The lowest BCUT2D eigenvalue weighted by atomic mass is 10.1. The highest BCUT2D eigenvalue weighted by molar-refractivity contribution is 5.73. The number of rotatable bonds is 7. The van der Waals surface area contributed by atoms with Gasteiger partial charge in [-0.1, -0.05) is 6.07 Å². The van der Waals surface area contributed by atoms with E-state index in [-0.39, 0.29) is 12.4 Å². The Bertz CT molecular complexity index is 922. The van der Waals surface area contributed by atoms with Crippen molar-refractivity contribution in [3.05, 3.63) is 41.5 Å². The molecule has 1 fully saturated rings. The number of hydrogen-bond donors (Lipinski definition) is 3. The van der Waals surface area contributed by atoms with Crippen LogP contribution in [0.2, 0.25) is 0 Å². The number of halogens is 6. The molecule has 2 heterocycles. The minimum absolute atomic E-state index is 0.115. The van der Waals surface area contributed by atoms with Crippen LogP contribution in [0.25, 0.3) is 0 Å². The molecule has 0 spiro atoms. The third-order valence-corrected chi connectivity index (χ3v) is 5.05. The van der Waals surface area contributed by atoms with E-state index in [4.69, 9.17) is 0 Å². The molecule has 0 saturated carbocycles. The van der Waals surface area contributed by atoms with Crippen LogP contribution < -0.4 is 15.5 Å². The van der Waals surface area contributed by atoms with Crippen LogP contribution in [0.3, 0.4) is 0 Å². The second-order valence-corrected chi connectivity index (χ2v) is 7.44. The average molecular weight is 479 g/mol. The SMILES string of the molecule is O=C(NCCCN1CCN(c2cccc(C(F)(F)F)c2)CC1)NCc1nc(C(F)(F)F)n[nH]1. The maximum Gasteiger partial charge on any atom is 0.453 e. The summed E-state index contributed by atoms with van der Waals surface area (Å²) in [6, 6.07) is 4.72. The number of nitrogens with zero attached hydrogens (tertiary/aromatic N) is 4. The van der Waals surface area contributed by atoms with E-state index in [0.717, 1.165) is 12.1 Å². The molecule has 1 aromatic carbocycles. The van der Waals surface area contributed by atoms with Gasteiger partial charge in [0.25, 0.3) is 5.82 Å². The third kappa shape index (κ3) is 7.23. The Morgan fingerprint density at radius 3 is 2.39 bits per heavy atom. The second-order valence-electron chi connectivity index (χ2n) is 7.44. The summed E-state index contributed by atoms with van der Waals surface area (Å²) < 4.78 is 76.0. The highest BCUT2D eigenvalue weighted by Crippen LogP contribution is 2.32. The first-order valence-corrected chi connectivity index (χ1v) is 10.2. The van der Waals surface area contributed by atoms with Crippen molar-refractivity contribution in [1.29, 1.82) is 0 Å². The van der Waals surface area contributed by atoms with E-state index in [1.807, 2.05) is 4.90 Å². The second kappa shape index (κ2) is 10.3. The zero-order valence-electron chi connectivity index (χ0n) is 17.4. The van der Waals surface area contributed by atoms with Gasteiger partial charge in [-0.3, -0.25) is 10.00 Å². The van der Waals surface area contributed by atoms with Gasteiger partial charge < -0.3 is 15.5 Å². The number of carbonyl (C=O) groups is 1. The van der Waals surface area contributed by atoms with E-state index in [1.165, 1.54) is 6.07 Å². The van der Waals surface area contributed by atoms with E-state index >= 15 is 0 Å². The number of H-pyrrole nitrogens is 1. The molecule has 14 heteroatoms. The lowest BCUT2D eigenvalue weighted by Crippen LogP contribution is -2.47. The van der Waals surface area contributed by atoms with Crippen LogP contribution in [-0.2, 0) is 18.9 Å². The van der Waals surface area contributed by atoms with Gasteiger partial charge in [0.2, 0.25) is 0 Å². The molecule has 0 aliphatic carbocycles. The monoisotopic (exact) mass is 479 g/mol. The lowest BCUT2D eigenvalue weighted by molar-refractivity contribution is -0.144. The van der Waals surface area contributed by atoms with Crippen LogP contribution in [0.5, 0.6) is 0 Å². The molecule has 0 atom stereocenters. The number of nitrogens with one attached hydrogen (secondary N) is 3. The van der Waals surface area contributed by atoms with Crippen LogP contribution in [-0.4, -0.2) is 65.4 Å². The van der Waals surface area contributed by atoms with Crippen LogP contribution in [0.4, 0.5) is 36.8 Å².